The number of rotatable bonds is 4. The summed E-state index contributed by atoms with van der Waals surface area (Å²) in [5, 5.41) is 27.7. The molecule has 4 rings (SSSR count). The van der Waals surface area contributed by atoms with E-state index in [1.54, 1.807) is 12.1 Å². The molecule has 2 aromatic heterocycles. The first-order valence-electron chi connectivity index (χ1n) is 9.14. The fourth-order valence-corrected chi connectivity index (χ4v) is 3.48. The fraction of sp³-hybridized carbons (Fsp3) is 0.421. The molecule has 8 nitrogen and oxygen atoms in total. The molecule has 0 aliphatic carbocycles. The van der Waals surface area contributed by atoms with Crippen LogP contribution >= 0.6 is 0 Å². The molecule has 1 saturated heterocycles. The summed E-state index contributed by atoms with van der Waals surface area (Å²) in [5.74, 6) is 0.262. The van der Waals surface area contributed by atoms with Crippen molar-refractivity contribution in [2.75, 3.05) is 11.4 Å². The summed E-state index contributed by atoms with van der Waals surface area (Å²) in [6, 6.07) is 4.41. The van der Waals surface area contributed by atoms with Crippen molar-refractivity contribution in [3.05, 3.63) is 30.3 Å². The highest BCUT2D eigenvalue weighted by Gasteiger charge is 2.37. The first kappa shape index (κ1) is 18.6. The van der Waals surface area contributed by atoms with Crippen molar-refractivity contribution in [1.82, 2.24) is 20.2 Å². The smallest absolute Gasteiger partial charge is 0.167 e. The number of ether oxygens (including phenoxy) is 1. The van der Waals surface area contributed by atoms with Crippen molar-refractivity contribution in [2.45, 2.75) is 45.1 Å². The number of aliphatic hydroxyl groups excluding tert-OH is 2. The summed E-state index contributed by atoms with van der Waals surface area (Å²) < 4.78 is 19.8. The number of halogens is 1. The summed E-state index contributed by atoms with van der Waals surface area (Å²) in [5.41, 5.74) is 1.62. The quantitative estimate of drug-likeness (QED) is 0.627. The number of aromatic amines is 1. The third-order valence-electron chi connectivity index (χ3n) is 4.93. The molecule has 9 heteroatoms. The Labute approximate surface area is 161 Å². The van der Waals surface area contributed by atoms with Gasteiger partial charge in [0.2, 0.25) is 0 Å². The molecule has 3 heterocycles. The first-order valence-corrected chi connectivity index (χ1v) is 9.14. The molecule has 1 aliphatic rings. The zero-order valence-electron chi connectivity index (χ0n) is 15.8. The van der Waals surface area contributed by atoms with Gasteiger partial charge in [-0.25, -0.2) is 14.4 Å². The zero-order valence-corrected chi connectivity index (χ0v) is 15.8. The Balaban J connectivity index is 1.74. The van der Waals surface area contributed by atoms with E-state index in [0.717, 1.165) is 0 Å². The minimum absolute atomic E-state index is 0.152. The van der Waals surface area contributed by atoms with Gasteiger partial charge in [-0.1, -0.05) is 0 Å². The number of anilines is 1. The largest absolute Gasteiger partial charge is 0.488 e. The molecular formula is C19H22FN5O3. The van der Waals surface area contributed by atoms with E-state index in [0.29, 0.717) is 28.1 Å². The number of hydrogen-bond acceptors (Lipinski definition) is 7. The predicted octanol–water partition coefficient (Wildman–Crippen LogP) is 1.88. The van der Waals surface area contributed by atoms with Crippen LogP contribution in [0.5, 0.6) is 5.75 Å². The van der Waals surface area contributed by atoms with Crippen LogP contribution in [0.4, 0.5) is 10.2 Å². The van der Waals surface area contributed by atoms with E-state index in [4.69, 9.17) is 4.74 Å². The number of H-pyrrole nitrogens is 1. The third-order valence-corrected chi connectivity index (χ3v) is 4.93. The first-order chi connectivity index (χ1) is 13.3. The lowest BCUT2D eigenvalue weighted by molar-refractivity contribution is 0.0438. The van der Waals surface area contributed by atoms with Gasteiger partial charge in [-0.05, 0) is 26.8 Å². The molecule has 0 radical (unpaired) electrons. The number of fused-ring (bicyclic) bond motifs is 1. The highest BCUT2D eigenvalue weighted by Crippen LogP contribution is 2.32. The summed E-state index contributed by atoms with van der Waals surface area (Å²) in [6.45, 7) is 5.76. The second-order valence-corrected chi connectivity index (χ2v) is 7.28. The molecule has 3 unspecified atom stereocenters. The van der Waals surface area contributed by atoms with Crippen molar-refractivity contribution < 1.29 is 19.3 Å². The Bertz CT molecular complexity index is 1010. The molecule has 3 atom stereocenters. The molecule has 3 aromatic rings. The highest BCUT2D eigenvalue weighted by atomic mass is 19.1. The zero-order chi connectivity index (χ0) is 20.0. The topological polar surface area (TPSA) is 107 Å². The predicted molar refractivity (Wildman–Crippen MR) is 102 cm³/mol. The van der Waals surface area contributed by atoms with Gasteiger partial charge in [-0.2, -0.15) is 5.10 Å². The van der Waals surface area contributed by atoms with Crippen molar-refractivity contribution >= 4 is 16.7 Å². The molecule has 0 spiro atoms. The second kappa shape index (κ2) is 6.99. The third kappa shape index (κ3) is 3.16. The highest BCUT2D eigenvalue weighted by molar-refractivity contribution is 5.93. The van der Waals surface area contributed by atoms with Gasteiger partial charge >= 0.3 is 0 Å². The number of aliphatic hydroxyl groups is 2. The van der Waals surface area contributed by atoms with Crippen LogP contribution in [0.1, 0.15) is 20.8 Å². The lowest BCUT2D eigenvalue weighted by Gasteiger charge is -2.23. The Kier molecular flexibility index (Phi) is 4.64. The van der Waals surface area contributed by atoms with Crippen LogP contribution in [-0.2, 0) is 0 Å². The van der Waals surface area contributed by atoms with E-state index < -0.39 is 18.0 Å². The molecule has 0 bridgehead atoms. The van der Waals surface area contributed by atoms with Gasteiger partial charge < -0.3 is 19.8 Å². The van der Waals surface area contributed by atoms with Crippen molar-refractivity contribution in [1.29, 1.82) is 0 Å². The van der Waals surface area contributed by atoms with Gasteiger partial charge in [0.05, 0.1) is 29.5 Å². The summed E-state index contributed by atoms with van der Waals surface area (Å²) in [7, 11) is 0. The maximum Gasteiger partial charge on any atom is 0.167 e. The van der Waals surface area contributed by atoms with Crippen LogP contribution in [0.2, 0.25) is 0 Å². The van der Waals surface area contributed by atoms with Gasteiger partial charge in [0.1, 0.15) is 23.9 Å². The Hall–Kier alpha value is -2.78. The number of benzene rings is 1. The van der Waals surface area contributed by atoms with E-state index >= 15 is 0 Å². The second-order valence-electron chi connectivity index (χ2n) is 7.28. The Morgan fingerprint density at radius 2 is 2.04 bits per heavy atom. The number of nitrogens with one attached hydrogen (secondary N) is 1. The maximum absolute atomic E-state index is 14.2. The van der Waals surface area contributed by atoms with Gasteiger partial charge in [0.25, 0.3) is 0 Å². The average molecular weight is 387 g/mol. The summed E-state index contributed by atoms with van der Waals surface area (Å²) in [4.78, 5) is 10.4. The fourth-order valence-electron chi connectivity index (χ4n) is 3.48. The molecule has 0 saturated carbocycles. The normalized spacial score (nSPS) is 22.4. The minimum atomic E-state index is -0.844. The number of nitrogens with zero attached hydrogens (tertiary/aromatic N) is 4. The van der Waals surface area contributed by atoms with Crippen LogP contribution < -0.4 is 9.64 Å². The van der Waals surface area contributed by atoms with Gasteiger partial charge in [-0.15, -0.1) is 0 Å². The van der Waals surface area contributed by atoms with Gasteiger partial charge in [0, 0.05) is 24.1 Å². The lowest BCUT2D eigenvalue weighted by atomic mass is 10.1. The monoisotopic (exact) mass is 387 g/mol. The molecule has 1 aliphatic heterocycles. The molecule has 0 amide bonds. The number of β-amino-alcohol motifs (C(OH)–C–C–N with tert-alkyl or cyclic N) is 1. The van der Waals surface area contributed by atoms with Gasteiger partial charge in [-0.3, -0.25) is 5.10 Å². The summed E-state index contributed by atoms with van der Waals surface area (Å²) in [6.07, 6.45) is -0.437. The van der Waals surface area contributed by atoms with Crippen LogP contribution in [0, 0.1) is 5.82 Å². The maximum atomic E-state index is 14.2. The van der Waals surface area contributed by atoms with E-state index in [1.165, 1.54) is 12.4 Å². The van der Waals surface area contributed by atoms with E-state index in [2.05, 4.69) is 20.2 Å². The van der Waals surface area contributed by atoms with Crippen molar-refractivity contribution in [3.8, 4) is 17.1 Å². The Morgan fingerprint density at radius 1 is 1.25 bits per heavy atom. The molecule has 1 fully saturated rings. The van der Waals surface area contributed by atoms with Crippen LogP contribution in [-0.4, -0.2) is 61.3 Å². The van der Waals surface area contributed by atoms with Gasteiger partial charge in [0.15, 0.2) is 11.6 Å². The number of aromatic nitrogens is 4. The standard InChI is InChI=1S/C19H22FN5O3/c1-9(2)28-16-4-11-13(5-12(16)20)23-24-18(11)14-6-17(22-8-21-14)25-7-15(26)19(27)10(25)3/h4-6,8-10,15,19,26-27H,7H2,1-3H3,(H,23,24). The van der Waals surface area contributed by atoms with Crippen LogP contribution in [0.25, 0.3) is 22.3 Å². The van der Waals surface area contributed by atoms with E-state index in [-0.39, 0.29) is 24.4 Å². The Morgan fingerprint density at radius 3 is 2.71 bits per heavy atom. The van der Waals surface area contributed by atoms with Crippen molar-refractivity contribution in [2.24, 2.45) is 0 Å². The SMILES string of the molecule is CC(C)Oc1cc2c(-c3cc(N4CC(O)C(O)C4C)ncn3)n[nH]c2cc1F. The molecule has 3 N–H and O–H groups in total. The van der Waals surface area contributed by atoms with E-state index in [9.17, 15) is 14.6 Å². The van der Waals surface area contributed by atoms with E-state index in [1.807, 2.05) is 25.7 Å². The van der Waals surface area contributed by atoms with Crippen molar-refractivity contribution in [3.63, 3.8) is 0 Å². The summed E-state index contributed by atoms with van der Waals surface area (Å²) >= 11 is 0. The van der Waals surface area contributed by atoms with Crippen LogP contribution in [0.3, 0.4) is 0 Å². The molecule has 148 valence electrons. The number of hydrogen-bond donors (Lipinski definition) is 3. The van der Waals surface area contributed by atoms with Crippen LogP contribution in [0.15, 0.2) is 24.5 Å². The molecule has 28 heavy (non-hydrogen) atoms. The molecular weight excluding hydrogens is 365 g/mol. The lowest BCUT2D eigenvalue weighted by Crippen LogP contribution is -2.33. The molecule has 1 aromatic carbocycles. The average Bonchev–Trinajstić information content (AvgIpc) is 3.17. The minimum Gasteiger partial charge on any atom is -0.488 e.